The van der Waals surface area contributed by atoms with Gasteiger partial charge in [0.05, 0.1) is 12.1 Å². The Morgan fingerprint density at radius 2 is 1.92 bits per heavy atom. The van der Waals surface area contributed by atoms with Gasteiger partial charge in [0, 0.05) is 5.69 Å². The van der Waals surface area contributed by atoms with Gasteiger partial charge in [-0.25, -0.2) is 0 Å². The lowest BCUT2D eigenvalue weighted by Crippen LogP contribution is -2.25. The fourth-order valence-corrected chi connectivity index (χ4v) is 2.76. The fourth-order valence-electron chi connectivity index (χ4n) is 2.76. The van der Waals surface area contributed by atoms with Crippen LogP contribution in [0.3, 0.4) is 0 Å². The van der Waals surface area contributed by atoms with Gasteiger partial charge < -0.3 is 15.4 Å². The molecule has 2 N–H and O–H groups in total. The molecule has 2 aromatic rings. The van der Waals surface area contributed by atoms with Crippen molar-refractivity contribution in [1.82, 2.24) is 0 Å². The summed E-state index contributed by atoms with van der Waals surface area (Å²) in [5.74, 6) is 0.323. The van der Waals surface area contributed by atoms with Crippen molar-refractivity contribution in [1.29, 1.82) is 0 Å². The number of anilines is 2. The molecule has 0 aliphatic carbocycles. The summed E-state index contributed by atoms with van der Waals surface area (Å²) < 4.78 is 5.31. The lowest BCUT2D eigenvalue weighted by Gasteiger charge is -2.18. The molecule has 0 bridgehead atoms. The molecule has 3 rings (SSSR count). The van der Waals surface area contributed by atoms with E-state index in [2.05, 4.69) is 29.7 Å². The molecule has 130 valence electrons. The summed E-state index contributed by atoms with van der Waals surface area (Å²) in [5, 5.41) is 5.59. The summed E-state index contributed by atoms with van der Waals surface area (Å²) >= 11 is 0. The summed E-state index contributed by atoms with van der Waals surface area (Å²) in [7, 11) is 0. The van der Waals surface area contributed by atoms with Crippen LogP contribution in [-0.2, 0) is 22.4 Å². The number of rotatable bonds is 6. The second-order valence-electron chi connectivity index (χ2n) is 6.19. The normalized spacial score (nSPS) is 12.8. The Bertz CT molecular complexity index is 769. The highest BCUT2D eigenvalue weighted by Gasteiger charge is 2.16. The van der Waals surface area contributed by atoms with Crippen LogP contribution < -0.4 is 15.4 Å². The van der Waals surface area contributed by atoms with Crippen LogP contribution in [0.2, 0.25) is 0 Å². The molecular weight excluding hydrogens is 316 g/mol. The predicted molar refractivity (Wildman–Crippen MR) is 98.0 cm³/mol. The Balaban J connectivity index is 1.59. The molecule has 0 radical (unpaired) electrons. The predicted octanol–water partition coefficient (Wildman–Crippen LogP) is 3.54. The zero-order chi connectivity index (χ0) is 17.6. The lowest BCUT2D eigenvalue weighted by atomic mass is 10.0. The first kappa shape index (κ1) is 17.0. The number of benzene rings is 2. The topological polar surface area (TPSA) is 67.4 Å². The number of amides is 2. The highest BCUT2D eigenvalue weighted by molar-refractivity contribution is 5.98. The van der Waals surface area contributed by atoms with E-state index in [9.17, 15) is 9.59 Å². The molecule has 0 atom stereocenters. The summed E-state index contributed by atoms with van der Waals surface area (Å²) in [5.41, 5.74) is 3.49. The highest BCUT2D eigenvalue weighted by atomic mass is 16.5. The van der Waals surface area contributed by atoms with Gasteiger partial charge >= 0.3 is 0 Å². The van der Waals surface area contributed by atoms with Crippen molar-refractivity contribution >= 4 is 23.2 Å². The Hall–Kier alpha value is -2.82. The maximum Gasteiger partial charge on any atom is 0.262 e. The van der Waals surface area contributed by atoms with Gasteiger partial charge in [-0.2, -0.15) is 0 Å². The first-order valence-electron chi connectivity index (χ1n) is 8.58. The monoisotopic (exact) mass is 338 g/mol. The van der Waals surface area contributed by atoms with E-state index in [4.69, 9.17) is 4.74 Å². The van der Waals surface area contributed by atoms with E-state index >= 15 is 0 Å². The van der Waals surface area contributed by atoms with Crippen molar-refractivity contribution in [2.75, 3.05) is 17.2 Å². The standard InChI is InChI=1S/C20H22N2O3/c1-2-3-4-14-5-7-15(8-6-14)11-19(23)21-16-9-10-18-17(12-16)22-20(24)13-25-18/h5-10,12H,2-4,11,13H2,1H3,(H,21,23)(H,22,24). The Morgan fingerprint density at radius 3 is 2.68 bits per heavy atom. The van der Waals surface area contributed by atoms with Crippen LogP contribution in [-0.4, -0.2) is 18.4 Å². The zero-order valence-corrected chi connectivity index (χ0v) is 14.3. The number of ether oxygens (including phenoxy) is 1. The molecular formula is C20H22N2O3. The van der Waals surface area contributed by atoms with Crippen molar-refractivity contribution in [3.8, 4) is 5.75 Å². The summed E-state index contributed by atoms with van der Waals surface area (Å²) in [6, 6.07) is 13.4. The van der Waals surface area contributed by atoms with Gasteiger partial charge in [0.15, 0.2) is 6.61 Å². The molecule has 2 aromatic carbocycles. The van der Waals surface area contributed by atoms with Crippen LogP contribution >= 0.6 is 0 Å². The maximum absolute atomic E-state index is 12.2. The van der Waals surface area contributed by atoms with E-state index in [1.165, 1.54) is 18.4 Å². The SMILES string of the molecule is CCCCc1ccc(CC(=O)Nc2ccc3c(c2)NC(=O)CO3)cc1. The first-order chi connectivity index (χ1) is 12.1. The minimum Gasteiger partial charge on any atom is -0.482 e. The van der Waals surface area contributed by atoms with Crippen LogP contribution in [0.25, 0.3) is 0 Å². The van der Waals surface area contributed by atoms with Gasteiger partial charge in [0.1, 0.15) is 5.75 Å². The van der Waals surface area contributed by atoms with Gasteiger partial charge in [0.2, 0.25) is 5.91 Å². The minimum absolute atomic E-state index is 0.0208. The lowest BCUT2D eigenvalue weighted by molar-refractivity contribution is -0.118. The molecule has 0 aromatic heterocycles. The van der Waals surface area contributed by atoms with E-state index in [-0.39, 0.29) is 18.4 Å². The number of hydrogen-bond donors (Lipinski definition) is 2. The number of carbonyl (C=O) groups is 2. The molecule has 1 aliphatic heterocycles. The molecule has 0 saturated carbocycles. The van der Waals surface area contributed by atoms with Crippen LogP contribution in [0.1, 0.15) is 30.9 Å². The number of hydrogen-bond acceptors (Lipinski definition) is 3. The van der Waals surface area contributed by atoms with Gasteiger partial charge in [-0.05, 0) is 42.2 Å². The summed E-state index contributed by atoms with van der Waals surface area (Å²) in [6.45, 7) is 2.20. The van der Waals surface area contributed by atoms with E-state index in [0.717, 1.165) is 12.0 Å². The van der Waals surface area contributed by atoms with Gasteiger partial charge in [0.25, 0.3) is 5.91 Å². The number of unbranched alkanes of at least 4 members (excludes halogenated alkanes) is 1. The smallest absolute Gasteiger partial charge is 0.262 e. The number of aryl methyl sites for hydroxylation is 1. The van der Waals surface area contributed by atoms with Gasteiger partial charge in [-0.1, -0.05) is 37.6 Å². The van der Waals surface area contributed by atoms with Crippen LogP contribution in [0, 0.1) is 0 Å². The third kappa shape index (κ3) is 4.59. The Morgan fingerprint density at radius 1 is 1.16 bits per heavy atom. The van der Waals surface area contributed by atoms with Crippen LogP contribution in [0.5, 0.6) is 5.75 Å². The molecule has 0 saturated heterocycles. The Labute approximate surface area is 147 Å². The number of carbonyl (C=O) groups excluding carboxylic acids is 2. The molecule has 0 spiro atoms. The largest absolute Gasteiger partial charge is 0.482 e. The third-order valence-electron chi connectivity index (χ3n) is 4.10. The molecule has 5 nitrogen and oxygen atoms in total. The van der Waals surface area contributed by atoms with Gasteiger partial charge in [-0.15, -0.1) is 0 Å². The minimum atomic E-state index is -0.195. The molecule has 1 aliphatic rings. The zero-order valence-electron chi connectivity index (χ0n) is 14.3. The van der Waals surface area contributed by atoms with E-state index in [1.54, 1.807) is 18.2 Å². The van der Waals surface area contributed by atoms with Crippen LogP contribution in [0.15, 0.2) is 42.5 Å². The second-order valence-corrected chi connectivity index (χ2v) is 6.19. The molecule has 0 fully saturated rings. The number of fused-ring (bicyclic) bond motifs is 1. The molecule has 2 amide bonds. The number of nitrogens with one attached hydrogen (secondary N) is 2. The average Bonchev–Trinajstić information content (AvgIpc) is 2.60. The highest BCUT2D eigenvalue weighted by Crippen LogP contribution is 2.30. The average molecular weight is 338 g/mol. The van der Waals surface area contributed by atoms with Crippen molar-refractivity contribution in [3.63, 3.8) is 0 Å². The van der Waals surface area contributed by atoms with Crippen LogP contribution in [0.4, 0.5) is 11.4 Å². The molecule has 1 heterocycles. The second kappa shape index (κ2) is 7.83. The first-order valence-corrected chi connectivity index (χ1v) is 8.58. The van der Waals surface area contributed by atoms with Crippen molar-refractivity contribution in [2.24, 2.45) is 0 Å². The molecule has 25 heavy (non-hydrogen) atoms. The fraction of sp³-hybridized carbons (Fsp3) is 0.300. The van der Waals surface area contributed by atoms with E-state index in [0.29, 0.717) is 23.5 Å². The molecule has 5 heteroatoms. The van der Waals surface area contributed by atoms with Gasteiger partial charge in [-0.3, -0.25) is 9.59 Å². The van der Waals surface area contributed by atoms with Crippen molar-refractivity contribution in [2.45, 2.75) is 32.6 Å². The third-order valence-corrected chi connectivity index (χ3v) is 4.10. The molecule has 0 unspecified atom stereocenters. The Kier molecular flexibility index (Phi) is 5.33. The van der Waals surface area contributed by atoms with Crippen molar-refractivity contribution in [3.05, 3.63) is 53.6 Å². The van der Waals surface area contributed by atoms with E-state index in [1.807, 2.05) is 12.1 Å². The maximum atomic E-state index is 12.2. The summed E-state index contributed by atoms with van der Waals surface area (Å²) in [6.07, 6.45) is 3.74. The summed E-state index contributed by atoms with van der Waals surface area (Å²) in [4.78, 5) is 23.6. The van der Waals surface area contributed by atoms with E-state index < -0.39 is 0 Å². The quantitative estimate of drug-likeness (QED) is 0.846. The van der Waals surface area contributed by atoms with Crippen molar-refractivity contribution < 1.29 is 14.3 Å².